The minimum atomic E-state index is 0.449. The van der Waals surface area contributed by atoms with Crippen molar-refractivity contribution < 1.29 is 4.74 Å². The number of rotatable bonds is 0. The van der Waals surface area contributed by atoms with Crippen molar-refractivity contribution in [3.63, 3.8) is 0 Å². The van der Waals surface area contributed by atoms with Crippen LogP contribution in [0.4, 0.5) is 0 Å². The first-order valence-electron chi connectivity index (χ1n) is 4.00. The van der Waals surface area contributed by atoms with Crippen molar-refractivity contribution in [2.75, 3.05) is 13.1 Å². The molecule has 0 aromatic rings. The molecule has 3 heterocycles. The molecule has 2 saturated heterocycles. The Morgan fingerprint density at radius 2 is 1.70 bits per heavy atom. The summed E-state index contributed by atoms with van der Waals surface area (Å²) < 4.78 is 5.69. The Balaban J connectivity index is 1.99. The molecule has 3 aliphatic heterocycles. The van der Waals surface area contributed by atoms with Crippen LogP contribution in [0.2, 0.25) is 0 Å². The minimum Gasteiger partial charge on any atom is -0.366 e. The lowest BCUT2D eigenvalue weighted by Crippen LogP contribution is -2.21. The molecule has 3 rings (SSSR count). The molecule has 2 bridgehead atoms. The number of ether oxygens (including phenoxy) is 1. The second-order valence-corrected chi connectivity index (χ2v) is 3.44. The maximum Gasteiger partial charge on any atom is 0.0809 e. The topological polar surface area (TPSA) is 21.3 Å². The van der Waals surface area contributed by atoms with Gasteiger partial charge in [0, 0.05) is 24.9 Å². The van der Waals surface area contributed by atoms with E-state index in [4.69, 9.17) is 4.74 Å². The van der Waals surface area contributed by atoms with E-state index < -0.39 is 0 Å². The van der Waals surface area contributed by atoms with Gasteiger partial charge in [-0.25, -0.2) is 0 Å². The molecule has 0 unspecified atom stereocenters. The third kappa shape index (κ3) is 0.478. The van der Waals surface area contributed by atoms with E-state index in [1.807, 2.05) is 0 Å². The lowest BCUT2D eigenvalue weighted by Gasteiger charge is -2.13. The number of fused-ring (bicyclic) bond motifs is 5. The van der Waals surface area contributed by atoms with Gasteiger partial charge in [-0.1, -0.05) is 12.2 Å². The smallest absolute Gasteiger partial charge is 0.0809 e. The van der Waals surface area contributed by atoms with Gasteiger partial charge in [0.25, 0.3) is 0 Å². The lowest BCUT2D eigenvalue weighted by molar-refractivity contribution is 0.0986. The van der Waals surface area contributed by atoms with Crippen LogP contribution in [0.3, 0.4) is 0 Å². The summed E-state index contributed by atoms with van der Waals surface area (Å²) in [5, 5.41) is 3.41. The Morgan fingerprint density at radius 1 is 1.10 bits per heavy atom. The minimum absolute atomic E-state index is 0.449. The van der Waals surface area contributed by atoms with Crippen molar-refractivity contribution in [2.45, 2.75) is 12.2 Å². The average molecular weight is 137 g/mol. The van der Waals surface area contributed by atoms with E-state index in [1.54, 1.807) is 0 Å². The van der Waals surface area contributed by atoms with Crippen molar-refractivity contribution in [1.29, 1.82) is 0 Å². The van der Waals surface area contributed by atoms with E-state index in [-0.39, 0.29) is 0 Å². The summed E-state index contributed by atoms with van der Waals surface area (Å²) in [6, 6.07) is 0. The summed E-state index contributed by atoms with van der Waals surface area (Å²) in [5.41, 5.74) is 0. The van der Waals surface area contributed by atoms with Gasteiger partial charge in [-0.05, 0) is 0 Å². The lowest BCUT2D eigenvalue weighted by atomic mass is 9.86. The summed E-state index contributed by atoms with van der Waals surface area (Å²) in [5.74, 6) is 1.57. The fourth-order valence-electron chi connectivity index (χ4n) is 2.42. The molecule has 0 radical (unpaired) electrons. The zero-order valence-corrected chi connectivity index (χ0v) is 5.79. The number of hydrogen-bond acceptors (Lipinski definition) is 2. The zero-order chi connectivity index (χ0) is 6.55. The maximum absolute atomic E-state index is 5.69. The molecule has 2 nitrogen and oxygen atoms in total. The zero-order valence-electron chi connectivity index (χ0n) is 5.79. The molecule has 10 heavy (non-hydrogen) atoms. The molecule has 2 fully saturated rings. The average Bonchev–Trinajstić information content (AvgIpc) is 2.60. The van der Waals surface area contributed by atoms with E-state index in [1.165, 1.54) is 0 Å². The normalized spacial score (nSPS) is 56.0. The second-order valence-electron chi connectivity index (χ2n) is 3.44. The van der Waals surface area contributed by atoms with E-state index in [9.17, 15) is 0 Å². The molecule has 0 aliphatic carbocycles. The number of hydrogen-bond donors (Lipinski definition) is 1. The standard InChI is InChI=1S/C8H11NO/c1-2-8-6-4-9-3-5(6)7(1)10-8/h1-2,5-9H,3-4H2/t5-,6+,7-,8-/m1/s1. The Hall–Kier alpha value is -0.340. The third-order valence-electron chi connectivity index (χ3n) is 2.96. The predicted molar refractivity (Wildman–Crippen MR) is 37.7 cm³/mol. The Bertz CT molecular complexity index is 172. The molecular formula is C8H11NO. The van der Waals surface area contributed by atoms with Crippen molar-refractivity contribution >= 4 is 0 Å². The van der Waals surface area contributed by atoms with E-state index in [0.717, 1.165) is 24.9 Å². The quantitative estimate of drug-likeness (QED) is 0.480. The van der Waals surface area contributed by atoms with Gasteiger partial charge in [-0.3, -0.25) is 0 Å². The van der Waals surface area contributed by atoms with Crippen LogP contribution in [-0.2, 0) is 4.74 Å². The molecular weight excluding hydrogens is 126 g/mol. The van der Waals surface area contributed by atoms with E-state index in [0.29, 0.717) is 12.2 Å². The molecule has 54 valence electrons. The van der Waals surface area contributed by atoms with Gasteiger partial charge in [0.1, 0.15) is 0 Å². The first-order chi connectivity index (χ1) is 4.95. The largest absolute Gasteiger partial charge is 0.366 e. The van der Waals surface area contributed by atoms with Crippen LogP contribution in [0, 0.1) is 11.8 Å². The van der Waals surface area contributed by atoms with Gasteiger partial charge >= 0.3 is 0 Å². The van der Waals surface area contributed by atoms with Gasteiger partial charge in [-0.15, -0.1) is 0 Å². The molecule has 0 amide bonds. The Labute approximate surface area is 60.3 Å². The SMILES string of the molecule is C1=C[C@H]2O[C@H]1[C@@H]1CNC[C@@H]12. The molecule has 2 heteroatoms. The summed E-state index contributed by atoms with van der Waals surface area (Å²) >= 11 is 0. The van der Waals surface area contributed by atoms with Crippen molar-refractivity contribution in [3.05, 3.63) is 12.2 Å². The second kappa shape index (κ2) is 1.63. The van der Waals surface area contributed by atoms with Gasteiger partial charge < -0.3 is 10.1 Å². The van der Waals surface area contributed by atoms with E-state index in [2.05, 4.69) is 17.5 Å². The predicted octanol–water partition coefficient (Wildman–Crippen LogP) is 0.159. The van der Waals surface area contributed by atoms with Crippen LogP contribution < -0.4 is 5.32 Å². The highest BCUT2D eigenvalue weighted by atomic mass is 16.5. The molecule has 0 aromatic carbocycles. The van der Waals surface area contributed by atoms with Gasteiger partial charge in [0.05, 0.1) is 12.2 Å². The van der Waals surface area contributed by atoms with E-state index >= 15 is 0 Å². The highest BCUT2D eigenvalue weighted by molar-refractivity contribution is 5.16. The maximum atomic E-state index is 5.69. The summed E-state index contributed by atoms with van der Waals surface area (Å²) in [4.78, 5) is 0. The van der Waals surface area contributed by atoms with Gasteiger partial charge in [0.15, 0.2) is 0 Å². The van der Waals surface area contributed by atoms with Crippen LogP contribution in [0.5, 0.6) is 0 Å². The number of nitrogens with one attached hydrogen (secondary N) is 1. The van der Waals surface area contributed by atoms with Crippen molar-refractivity contribution in [3.8, 4) is 0 Å². The molecule has 0 saturated carbocycles. The molecule has 0 aromatic heterocycles. The fourth-order valence-corrected chi connectivity index (χ4v) is 2.42. The first-order valence-corrected chi connectivity index (χ1v) is 4.00. The Kier molecular flexibility index (Phi) is 0.868. The molecule has 3 aliphatic rings. The molecule has 0 spiro atoms. The highest BCUT2D eigenvalue weighted by Gasteiger charge is 2.47. The van der Waals surface area contributed by atoms with Crippen LogP contribution in [-0.4, -0.2) is 25.3 Å². The van der Waals surface area contributed by atoms with Gasteiger partial charge in [-0.2, -0.15) is 0 Å². The third-order valence-corrected chi connectivity index (χ3v) is 2.96. The molecule has 1 N–H and O–H groups in total. The van der Waals surface area contributed by atoms with Crippen LogP contribution in [0.1, 0.15) is 0 Å². The first kappa shape index (κ1) is 5.33. The highest BCUT2D eigenvalue weighted by Crippen LogP contribution is 2.40. The Morgan fingerprint density at radius 3 is 2.30 bits per heavy atom. The van der Waals surface area contributed by atoms with Crippen molar-refractivity contribution in [1.82, 2.24) is 5.32 Å². The summed E-state index contributed by atoms with van der Waals surface area (Å²) in [6.45, 7) is 2.33. The van der Waals surface area contributed by atoms with Crippen LogP contribution >= 0.6 is 0 Å². The summed E-state index contributed by atoms with van der Waals surface area (Å²) in [7, 11) is 0. The molecule has 4 atom stereocenters. The fraction of sp³-hybridized carbons (Fsp3) is 0.750. The van der Waals surface area contributed by atoms with Gasteiger partial charge in [0.2, 0.25) is 0 Å². The van der Waals surface area contributed by atoms with Crippen molar-refractivity contribution in [2.24, 2.45) is 11.8 Å². The van der Waals surface area contributed by atoms with Crippen LogP contribution in [0.15, 0.2) is 12.2 Å². The summed E-state index contributed by atoms with van der Waals surface area (Å²) in [6.07, 6.45) is 5.34. The monoisotopic (exact) mass is 137 g/mol. The van der Waals surface area contributed by atoms with Crippen LogP contribution in [0.25, 0.3) is 0 Å².